The normalized spacial score (nSPS) is 16.7. The summed E-state index contributed by atoms with van der Waals surface area (Å²) in [5.41, 5.74) is 8.18. The third kappa shape index (κ3) is 9.42. The van der Waals surface area contributed by atoms with E-state index in [4.69, 9.17) is 37.9 Å². The fourth-order valence-corrected chi connectivity index (χ4v) is 8.70. The third-order valence-corrected chi connectivity index (χ3v) is 12.5. The van der Waals surface area contributed by atoms with Gasteiger partial charge in [0.25, 0.3) is 5.91 Å². The van der Waals surface area contributed by atoms with E-state index >= 15 is 0 Å². The van der Waals surface area contributed by atoms with E-state index in [1.165, 1.54) is 0 Å². The van der Waals surface area contributed by atoms with Crippen LogP contribution in [0.3, 0.4) is 0 Å². The lowest BCUT2D eigenvalue weighted by Crippen LogP contribution is -2.55. The van der Waals surface area contributed by atoms with Gasteiger partial charge in [-0.1, -0.05) is 115 Å². The second kappa shape index (κ2) is 18.8. The van der Waals surface area contributed by atoms with Crippen molar-refractivity contribution >= 4 is 46.7 Å². The molecule has 0 spiro atoms. The number of amides is 2. The SMILES string of the molecule is CCC(c1ccccc1)N1Cc2cc3c(cc2C[C@H]1C(=O)NC(Cc1ccc(-c2ccc(C#N)cc2)cc1)C(=O)O)N(C)C(=O)[C@@H](c1ccc(OCc2ccc(Cl)c(Cl)c2)cc1)O3. The number of aliphatic carboxylic acids is 1. The lowest BCUT2D eigenvalue weighted by Gasteiger charge is -2.42. The molecule has 12 heteroatoms. The molecule has 0 saturated heterocycles. The second-order valence-electron chi connectivity index (χ2n) is 15.8. The first-order valence-corrected chi connectivity index (χ1v) is 21.4. The number of carboxylic acid groups (broad SMARTS) is 1. The Balaban J connectivity index is 1.02. The van der Waals surface area contributed by atoms with Gasteiger partial charge in [0.05, 0.1) is 33.4 Å². The summed E-state index contributed by atoms with van der Waals surface area (Å²) in [7, 11) is 1.72. The van der Waals surface area contributed by atoms with Crippen molar-refractivity contribution in [2.24, 2.45) is 0 Å². The molecule has 8 rings (SSSR count). The minimum absolute atomic E-state index is 0.0846. The minimum atomic E-state index is -1.18. The van der Waals surface area contributed by atoms with E-state index in [1.54, 1.807) is 48.3 Å². The summed E-state index contributed by atoms with van der Waals surface area (Å²) in [5.74, 6) is -0.610. The summed E-state index contributed by atoms with van der Waals surface area (Å²) < 4.78 is 12.5. The third-order valence-electron chi connectivity index (χ3n) is 11.8. The molecule has 63 heavy (non-hydrogen) atoms. The maximum absolute atomic E-state index is 14.5. The van der Waals surface area contributed by atoms with Crippen LogP contribution in [0.25, 0.3) is 11.1 Å². The molecule has 0 radical (unpaired) electrons. The highest BCUT2D eigenvalue weighted by Crippen LogP contribution is 2.43. The second-order valence-corrected chi connectivity index (χ2v) is 16.6. The van der Waals surface area contributed by atoms with E-state index < -0.39 is 24.2 Å². The molecule has 6 aromatic rings. The molecule has 0 aliphatic carbocycles. The summed E-state index contributed by atoms with van der Waals surface area (Å²) in [6.07, 6.45) is 0.181. The van der Waals surface area contributed by atoms with Gasteiger partial charge in [-0.25, -0.2) is 4.79 Å². The maximum Gasteiger partial charge on any atom is 0.326 e. The van der Waals surface area contributed by atoms with Gasteiger partial charge in [-0.05, 0) is 100 Å². The van der Waals surface area contributed by atoms with E-state index in [9.17, 15) is 19.5 Å². The van der Waals surface area contributed by atoms with Gasteiger partial charge in [-0.15, -0.1) is 0 Å². The zero-order valence-electron chi connectivity index (χ0n) is 34.6. The van der Waals surface area contributed by atoms with Gasteiger partial charge in [0.1, 0.15) is 24.1 Å². The van der Waals surface area contributed by atoms with Crippen LogP contribution < -0.4 is 19.7 Å². The lowest BCUT2D eigenvalue weighted by molar-refractivity contribution is -0.143. The first kappa shape index (κ1) is 43.0. The maximum atomic E-state index is 14.5. The lowest BCUT2D eigenvalue weighted by atomic mass is 9.88. The Kier molecular flexibility index (Phi) is 12.8. The Labute approximate surface area is 376 Å². The van der Waals surface area contributed by atoms with Crippen molar-refractivity contribution in [3.8, 4) is 28.7 Å². The monoisotopic (exact) mass is 878 g/mol. The largest absolute Gasteiger partial charge is 0.489 e. The van der Waals surface area contributed by atoms with Crippen LogP contribution in [0.4, 0.5) is 5.69 Å². The van der Waals surface area contributed by atoms with Crippen LogP contribution >= 0.6 is 23.2 Å². The molecule has 6 aromatic carbocycles. The number of nitrogens with zero attached hydrogens (tertiary/aromatic N) is 3. The highest BCUT2D eigenvalue weighted by Gasteiger charge is 2.40. The molecule has 2 aliphatic heterocycles. The number of carbonyl (C=O) groups excluding carboxylic acids is 2. The van der Waals surface area contributed by atoms with Crippen molar-refractivity contribution in [3.63, 3.8) is 0 Å². The molecule has 0 bridgehead atoms. The Bertz CT molecular complexity index is 2690. The molecule has 0 saturated carbocycles. The van der Waals surface area contributed by atoms with Gasteiger partial charge in [0.15, 0.2) is 0 Å². The molecule has 0 fully saturated rings. The van der Waals surface area contributed by atoms with E-state index in [0.29, 0.717) is 57.7 Å². The number of likely N-dealkylation sites (N-methyl/N-ethyl adjacent to an activating group) is 1. The van der Waals surface area contributed by atoms with Crippen LogP contribution in [0, 0.1) is 11.3 Å². The average molecular weight is 880 g/mol. The molecule has 318 valence electrons. The molecule has 2 N–H and O–H groups in total. The number of carbonyl (C=O) groups is 3. The number of rotatable bonds is 13. The van der Waals surface area contributed by atoms with Crippen molar-refractivity contribution < 1.29 is 29.0 Å². The summed E-state index contributed by atoms with van der Waals surface area (Å²) >= 11 is 12.2. The van der Waals surface area contributed by atoms with E-state index in [-0.39, 0.29) is 30.9 Å². The Morgan fingerprint density at radius 1 is 0.873 bits per heavy atom. The number of benzene rings is 6. The van der Waals surface area contributed by atoms with E-state index in [1.807, 2.05) is 97.1 Å². The highest BCUT2D eigenvalue weighted by molar-refractivity contribution is 6.42. The van der Waals surface area contributed by atoms with E-state index in [0.717, 1.165) is 38.9 Å². The quantitative estimate of drug-likeness (QED) is 0.117. The predicted octanol–water partition coefficient (Wildman–Crippen LogP) is 9.90. The predicted molar refractivity (Wildman–Crippen MR) is 243 cm³/mol. The smallest absolute Gasteiger partial charge is 0.326 e. The number of carboxylic acids is 1. The topological polar surface area (TPSA) is 132 Å². The summed E-state index contributed by atoms with van der Waals surface area (Å²) in [6.45, 7) is 2.75. The first-order chi connectivity index (χ1) is 30.5. The molecule has 10 nitrogen and oxygen atoms in total. The van der Waals surface area contributed by atoms with E-state index in [2.05, 4.69) is 23.2 Å². The van der Waals surface area contributed by atoms with Gasteiger partial charge < -0.3 is 24.8 Å². The highest BCUT2D eigenvalue weighted by atomic mass is 35.5. The van der Waals surface area contributed by atoms with Crippen molar-refractivity contribution in [1.29, 1.82) is 5.26 Å². The van der Waals surface area contributed by atoms with Crippen LogP contribution in [0.15, 0.2) is 133 Å². The Hall–Kier alpha value is -6.64. The van der Waals surface area contributed by atoms with Gasteiger partial charge >= 0.3 is 5.97 Å². The number of ether oxygens (including phenoxy) is 2. The van der Waals surface area contributed by atoms with Crippen LogP contribution in [-0.2, 0) is 40.4 Å². The van der Waals surface area contributed by atoms with Crippen LogP contribution in [0.2, 0.25) is 10.0 Å². The number of nitrogens with one attached hydrogen (secondary N) is 1. The number of anilines is 1. The molecule has 4 atom stereocenters. The van der Waals surface area contributed by atoms with Crippen LogP contribution in [0.1, 0.15) is 64.4 Å². The Morgan fingerprint density at radius 2 is 1.56 bits per heavy atom. The van der Waals surface area contributed by atoms with Crippen molar-refractivity contribution in [3.05, 3.63) is 182 Å². The molecular weight excluding hydrogens is 835 g/mol. The summed E-state index contributed by atoms with van der Waals surface area (Å²) in [5, 5.41) is 23.4. The Morgan fingerprint density at radius 3 is 2.21 bits per heavy atom. The standard InChI is InChI=1S/C51H44Cl2N4O6/c1-3-44(36-7-5-4-6-8-36)57-29-39-27-47-45(56(2)50(59)48(63-47)37-18-20-40(21-19-37)62-30-33-13-22-41(52)42(53)23-33)25-38(39)26-46(57)49(58)55-43(51(60)61)24-31-9-14-34(15-10-31)35-16-11-32(28-54)12-17-35/h4-23,25,27,43-44,46,48H,3,24,26,29-30H2,1-2H3,(H,55,58)(H,60,61)/t43?,44?,46-,48+/m0/s1. The van der Waals surface area contributed by atoms with Crippen LogP contribution in [0.5, 0.6) is 11.5 Å². The van der Waals surface area contributed by atoms with Crippen LogP contribution in [-0.4, -0.2) is 46.9 Å². The van der Waals surface area contributed by atoms with Gasteiger partial charge in [0.2, 0.25) is 12.0 Å². The first-order valence-electron chi connectivity index (χ1n) is 20.7. The average Bonchev–Trinajstić information content (AvgIpc) is 3.30. The number of hydrogen-bond acceptors (Lipinski definition) is 7. The fraction of sp³-hybridized carbons (Fsp3) is 0.216. The molecule has 2 aliphatic rings. The van der Waals surface area contributed by atoms with Gasteiger partial charge in [0, 0.05) is 31.6 Å². The molecule has 2 unspecified atom stereocenters. The fourth-order valence-electron chi connectivity index (χ4n) is 8.38. The van der Waals surface area contributed by atoms with Crippen molar-refractivity contribution in [2.45, 2.75) is 63.6 Å². The van der Waals surface area contributed by atoms with Crippen molar-refractivity contribution in [1.82, 2.24) is 10.2 Å². The van der Waals surface area contributed by atoms with Gasteiger partial charge in [-0.2, -0.15) is 5.26 Å². The summed E-state index contributed by atoms with van der Waals surface area (Å²) in [6, 6.07) is 41.3. The number of fused-ring (bicyclic) bond motifs is 2. The number of halogens is 2. The summed E-state index contributed by atoms with van der Waals surface area (Å²) in [4.78, 5) is 44.8. The number of nitriles is 1. The molecular formula is C51H44Cl2N4O6. The van der Waals surface area contributed by atoms with Crippen molar-refractivity contribution in [2.75, 3.05) is 11.9 Å². The zero-order chi connectivity index (χ0) is 44.2. The molecule has 2 amide bonds. The number of hydrogen-bond donors (Lipinski definition) is 2. The zero-order valence-corrected chi connectivity index (χ0v) is 36.1. The minimum Gasteiger partial charge on any atom is -0.489 e. The molecule has 2 heterocycles. The molecule has 0 aromatic heterocycles. The van der Waals surface area contributed by atoms with Gasteiger partial charge in [-0.3, -0.25) is 14.5 Å².